The molecule has 3 aromatic heterocycles. The molecule has 8 nitrogen and oxygen atoms in total. The molecule has 2 amide bonds. The van der Waals surface area contributed by atoms with Crippen LogP contribution in [0.5, 0.6) is 0 Å². The van der Waals surface area contributed by atoms with Crippen LogP contribution in [0, 0.1) is 0 Å². The largest absolute Gasteiger partial charge is 0.444 e. The summed E-state index contributed by atoms with van der Waals surface area (Å²) in [6, 6.07) is 8.98. The highest BCUT2D eigenvalue weighted by molar-refractivity contribution is 9.10. The molecule has 29 heavy (non-hydrogen) atoms. The van der Waals surface area contributed by atoms with E-state index in [2.05, 4.69) is 43.9 Å². The van der Waals surface area contributed by atoms with Gasteiger partial charge in [0.15, 0.2) is 16.7 Å². The zero-order chi connectivity index (χ0) is 20.4. The molecule has 3 N–H and O–H groups in total. The highest BCUT2D eigenvalue weighted by atomic mass is 79.9. The standard InChI is InChI=1S/C19H20BrN5O3S/c1-2-4-11-9-17(26)23-19(21-11)25-16(10-12(24-25)14-5-3-8-29-14)22-18(27)13-6-7-15(20)28-13/h3,5-8,10-11,19,21H,2,4,9H2,1H3,(H,22,27)(H,23,26). The number of thiophene rings is 1. The summed E-state index contributed by atoms with van der Waals surface area (Å²) in [5.74, 6) is 0.183. The second-order valence-corrected chi connectivity index (χ2v) is 8.45. The fraction of sp³-hybridized carbons (Fsp3) is 0.316. The number of aromatic nitrogens is 2. The monoisotopic (exact) mass is 477 g/mol. The summed E-state index contributed by atoms with van der Waals surface area (Å²) in [6.07, 6.45) is 1.71. The number of hydrogen-bond acceptors (Lipinski definition) is 6. The van der Waals surface area contributed by atoms with Gasteiger partial charge in [0.2, 0.25) is 5.91 Å². The van der Waals surface area contributed by atoms with Gasteiger partial charge in [0, 0.05) is 18.5 Å². The van der Waals surface area contributed by atoms with Gasteiger partial charge in [-0.15, -0.1) is 11.3 Å². The van der Waals surface area contributed by atoms with Crippen LogP contribution in [0.4, 0.5) is 5.82 Å². The minimum atomic E-state index is -0.555. The first-order valence-corrected chi connectivity index (χ1v) is 11.0. The quantitative estimate of drug-likeness (QED) is 0.498. The molecule has 1 aliphatic rings. The fourth-order valence-corrected chi connectivity index (χ4v) is 4.26. The second-order valence-electron chi connectivity index (χ2n) is 6.72. The number of furan rings is 1. The fourth-order valence-electron chi connectivity index (χ4n) is 3.27. The third kappa shape index (κ3) is 4.44. The lowest BCUT2D eigenvalue weighted by atomic mass is 10.1. The van der Waals surface area contributed by atoms with E-state index in [1.165, 1.54) is 0 Å². The number of amides is 2. The van der Waals surface area contributed by atoms with E-state index < -0.39 is 12.2 Å². The van der Waals surface area contributed by atoms with Gasteiger partial charge in [-0.05, 0) is 45.9 Å². The Balaban J connectivity index is 1.66. The summed E-state index contributed by atoms with van der Waals surface area (Å²) in [5.41, 5.74) is 0.713. The van der Waals surface area contributed by atoms with Crippen LogP contribution >= 0.6 is 27.3 Å². The Morgan fingerprint density at radius 1 is 1.45 bits per heavy atom. The van der Waals surface area contributed by atoms with Crippen molar-refractivity contribution in [2.75, 3.05) is 5.32 Å². The number of carbonyl (C=O) groups is 2. The molecule has 152 valence electrons. The topological polar surface area (TPSA) is 101 Å². The smallest absolute Gasteiger partial charge is 0.292 e. The van der Waals surface area contributed by atoms with Crippen LogP contribution in [0.1, 0.15) is 43.0 Å². The van der Waals surface area contributed by atoms with Crippen LogP contribution in [-0.2, 0) is 4.79 Å². The molecule has 0 bridgehead atoms. The van der Waals surface area contributed by atoms with E-state index in [-0.39, 0.29) is 17.7 Å². The van der Waals surface area contributed by atoms with Crippen molar-refractivity contribution in [3.05, 3.63) is 46.1 Å². The highest BCUT2D eigenvalue weighted by Crippen LogP contribution is 2.28. The Labute approximate surface area is 179 Å². The predicted molar refractivity (Wildman–Crippen MR) is 114 cm³/mol. The molecule has 0 aromatic carbocycles. The van der Waals surface area contributed by atoms with Gasteiger partial charge >= 0.3 is 0 Å². The van der Waals surface area contributed by atoms with Crippen LogP contribution in [0.25, 0.3) is 10.6 Å². The van der Waals surface area contributed by atoms with Gasteiger partial charge in [0.25, 0.3) is 5.91 Å². The van der Waals surface area contributed by atoms with Gasteiger partial charge in [-0.3, -0.25) is 14.9 Å². The number of hydrogen-bond donors (Lipinski definition) is 3. The van der Waals surface area contributed by atoms with E-state index in [1.54, 1.807) is 34.2 Å². The maximum Gasteiger partial charge on any atom is 0.292 e. The van der Waals surface area contributed by atoms with Crippen molar-refractivity contribution in [3.8, 4) is 10.6 Å². The normalized spacial score (nSPS) is 19.2. The van der Waals surface area contributed by atoms with Gasteiger partial charge in [0.1, 0.15) is 11.5 Å². The van der Waals surface area contributed by atoms with Gasteiger partial charge in [-0.2, -0.15) is 5.10 Å². The average molecular weight is 478 g/mol. The van der Waals surface area contributed by atoms with E-state index in [0.29, 0.717) is 22.6 Å². The minimum Gasteiger partial charge on any atom is -0.444 e. The summed E-state index contributed by atoms with van der Waals surface area (Å²) >= 11 is 4.75. The van der Waals surface area contributed by atoms with Gasteiger partial charge in [0.05, 0.1) is 4.88 Å². The Kier molecular flexibility index (Phi) is 5.84. The lowest BCUT2D eigenvalue weighted by Crippen LogP contribution is -2.53. The predicted octanol–water partition coefficient (Wildman–Crippen LogP) is 3.95. The molecule has 1 fully saturated rings. The van der Waals surface area contributed by atoms with E-state index >= 15 is 0 Å². The van der Waals surface area contributed by atoms with Crippen molar-refractivity contribution in [1.82, 2.24) is 20.4 Å². The van der Waals surface area contributed by atoms with Crippen molar-refractivity contribution >= 4 is 44.9 Å². The number of halogens is 1. The first-order chi connectivity index (χ1) is 14.0. The lowest BCUT2D eigenvalue weighted by Gasteiger charge is -2.32. The molecule has 4 rings (SSSR count). The maximum atomic E-state index is 12.6. The highest BCUT2D eigenvalue weighted by Gasteiger charge is 2.29. The first-order valence-electron chi connectivity index (χ1n) is 9.29. The van der Waals surface area contributed by atoms with E-state index in [4.69, 9.17) is 4.42 Å². The Hall–Kier alpha value is -2.43. The van der Waals surface area contributed by atoms with E-state index in [1.807, 2.05) is 17.5 Å². The molecule has 10 heteroatoms. The van der Waals surface area contributed by atoms with E-state index in [0.717, 1.165) is 17.7 Å². The molecule has 0 saturated carbocycles. The number of nitrogens with one attached hydrogen (secondary N) is 3. The van der Waals surface area contributed by atoms with Crippen LogP contribution < -0.4 is 16.0 Å². The molecular weight excluding hydrogens is 458 g/mol. The molecule has 0 aliphatic carbocycles. The summed E-state index contributed by atoms with van der Waals surface area (Å²) in [6.45, 7) is 2.08. The Bertz CT molecular complexity index is 1010. The summed E-state index contributed by atoms with van der Waals surface area (Å²) in [5, 5.41) is 15.8. The molecule has 2 unspecified atom stereocenters. The molecule has 1 saturated heterocycles. The van der Waals surface area contributed by atoms with Crippen molar-refractivity contribution in [2.45, 2.75) is 38.5 Å². The van der Waals surface area contributed by atoms with Crippen LogP contribution in [0.3, 0.4) is 0 Å². The minimum absolute atomic E-state index is 0.0485. The van der Waals surface area contributed by atoms with Crippen molar-refractivity contribution < 1.29 is 14.0 Å². The summed E-state index contributed by atoms with van der Waals surface area (Å²) in [4.78, 5) is 25.8. The number of anilines is 1. The SMILES string of the molecule is CCCC1CC(=O)NC(n2nc(-c3cccs3)cc2NC(=O)c2ccc(Br)o2)N1. The Morgan fingerprint density at radius 2 is 2.31 bits per heavy atom. The molecular formula is C19H20BrN5O3S. The van der Waals surface area contributed by atoms with E-state index in [9.17, 15) is 9.59 Å². The summed E-state index contributed by atoms with van der Waals surface area (Å²) in [7, 11) is 0. The second kappa shape index (κ2) is 8.52. The van der Waals surface area contributed by atoms with Crippen molar-refractivity contribution in [3.63, 3.8) is 0 Å². The molecule has 2 atom stereocenters. The number of nitrogens with zero attached hydrogens (tertiary/aromatic N) is 2. The molecule has 4 heterocycles. The van der Waals surface area contributed by atoms with Gasteiger partial charge in [-0.25, -0.2) is 4.68 Å². The zero-order valence-corrected chi connectivity index (χ0v) is 18.0. The molecule has 3 aromatic rings. The Morgan fingerprint density at radius 3 is 3.00 bits per heavy atom. The average Bonchev–Trinajstić information content (AvgIpc) is 3.41. The van der Waals surface area contributed by atoms with Crippen molar-refractivity contribution in [2.24, 2.45) is 0 Å². The van der Waals surface area contributed by atoms with Gasteiger partial charge < -0.3 is 15.1 Å². The van der Waals surface area contributed by atoms with Crippen LogP contribution in [0.15, 0.2) is 44.8 Å². The molecule has 0 spiro atoms. The zero-order valence-electron chi connectivity index (χ0n) is 15.6. The first kappa shape index (κ1) is 19.9. The maximum absolute atomic E-state index is 12.6. The van der Waals surface area contributed by atoms with Gasteiger partial charge in [-0.1, -0.05) is 19.4 Å². The summed E-state index contributed by atoms with van der Waals surface area (Å²) < 4.78 is 7.41. The third-order valence-electron chi connectivity index (χ3n) is 4.55. The van der Waals surface area contributed by atoms with Crippen LogP contribution in [-0.4, -0.2) is 27.6 Å². The number of rotatable bonds is 6. The number of carbonyl (C=O) groups excluding carboxylic acids is 2. The molecule has 0 radical (unpaired) electrons. The van der Waals surface area contributed by atoms with Crippen LogP contribution in [0.2, 0.25) is 0 Å². The third-order valence-corrected chi connectivity index (χ3v) is 5.87. The molecule has 1 aliphatic heterocycles. The lowest BCUT2D eigenvalue weighted by molar-refractivity contribution is -0.125. The van der Waals surface area contributed by atoms with Crippen molar-refractivity contribution in [1.29, 1.82) is 0 Å².